The Bertz CT molecular complexity index is 172. The van der Waals surface area contributed by atoms with Gasteiger partial charge in [-0.1, -0.05) is 0 Å². The van der Waals surface area contributed by atoms with Crippen molar-refractivity contribution in [3.8, 4) is 0 Å². The minimum Gasteiger partial charge on any atom is -0.360 e. The van der Waals surface area contributed by atoms with Crippen LogP contribution in [0.5, 0.6) is 0 Å². The molecule has 0 bridgehead atoms. The van der Waals surface area contributed by atoms with Gasteiger partial charge >= 0.3 is 0 Å². The van der Waals surface area contributed by atoms with E-state index >= 15 is 0 Å². The van der Waals surface area contributed by atoms with Gasteiger partial charge in [0.1, 0.15) is 0 Å². The molecule has 0 heterocycles. The summed E-state index contributed by atoms with van der Waals surface area (Å²) < 4.78 is 0. The molecular weight excluding hydrogens is 174 g/mol. The molecule has 0 fully saturated rings. The standard InChI is InChI=1S/C7H15N3OS/c1-5(3-4-8)9-7(12)10-6(2)11/h5H,3-4,8H2,1-2H3,(H2,9,10,11,12). The van der Waals surface area contributed by atoms with Gasteiger partial charge in [-0.3, -0.25) is 4.79 Å². The van der Waals surface area contributed by atoms with Crippen molar-refractivity contribution in [2.75, 3.05) is 6.54 Å². The Labute approximate surface area is 77.9 Å². The van der Waals surface area contributed by atoms with Gasteiger partial charge in [0.15, 0.2) is 5.11 Å². The third-order valence-corrected chi connectivity index (χ3v) is 1.49. The highest BCUT2D eigenvalue weighted by Crippen LogP contribution is 1.86. The van der Waals surface area contributed by atoms with Gasteiger partial charge in [0.25, 0.3) is 0 Å². The van der Waals surface area contributed by atoms with E-state index in [1.807, 2.05) is 6.92 Å². The van der Waals surface area contributed by atoms with Crippen LogP contribution in [0.15, 0.2) is 0 Å². The molecule has 4 nitrogen and oxygen atoms in total. The second kappa shape index (κ2) is 5.91. The van der Waals surface area contributed by atoms with Crippen LogP contribution in [0.25, 0.3) is 0 Å². The fourth-order valence-corrected chi connectivity index (χ4v) is 1.09. The van der Waals surface area contributed by atoms with Crippen molar-refractivity contribution >= 4 is 23.2 Å². The third kappa shape index (κ3) is 6.06. The monoisotopic (exact) mass is 189 g/mol. The predicted octanol–water partition coefficient (Wildman–Crippen LogP) is -0.266. The van der Waals surface area contributed by atoms with Crippen molar-refractivity contribution in [3.63, 3.8) is 0 Å². The number of thiocarbonyl (C=S) groups is 1. The van der Waals surface area contributed by atoms with E-state index in [1.54, 1.807) is 0 Å². The molecule has 0 aliphatic heterocycles. The lowest BCUT2D eigenvalue weighted by atomic mass is 10.2. The molecule has 12 heavy (non-hydrogen) atoms. The molecule has 70 valence electrons. The smallest absolute Gasteiger partial charge is 0.222 e. The van der Waals surface area contributed by atoms with Crippen molar-refractivity contribution in [3.05, 3.63) is 0 Å². The normalized spacial score (nSPS) is 11.9. The number of hydrogen-bond acceptors (Lipinski definition) is 3. The average Bonchev–Trinajstić information content (AvgIpc) is 1.84. The van der Waals surface area contributed by atoms with E-state index in [2.05, 4.69) is 10.6 Å². The first kappa shape index (κ1) is 11.3. The van der Waals surface area contributed by atoms with Crippen molar-refractivity contribution in [1.82, 2.24) is 10.6 Å². The van der Waals surface area contributed by atoms with Crippen LogP contribution in [0.3, 0.4) is 0 Å². The van der Waals surface area contributed by atoms with Crippen LogP contribution in [0, 0.1) is 0 Å². The molecule has 1 amide bonds. The maximum Gasteiger partial charge on any atom is 0.222 e. The van der Waals surface area contributed by atoms with Crippen LogP contribution < -0.4 is 16.4 Å². The molecule has 0 radical (unpaired) electrons. The molecule has 0 aliphatic carbocycles. The summed E-state index contributed by atoms with van der Waals surface area (Å²) in [5.74, 6) is -0.160. The Morgan fingerprint density at radius 2 is 2.25 bits per heavy atom. The number of carbonyl (C=O) groups is 1. The summed E-state index contributed by atoms with van der Waals surface area (Å²) in [5.41, 5.74) is 5.34. The van der Waals surface area contributed by atoms with Gasteiger partial charge in [-0.15, -0.1) is 0 Å². The lowest BCUT2D eigenvalue weighted by Gasteiger charge is -2.14. The van der Waals surface area contributed by atoms with Crippen molar-refractivity contribution in [2.45, 2.75) is 26.3 Å². The summed E-state index contributed by atoms with van der Waals surface area (Å²) in [4.78, 5) is 10.5. The van der Waals surface area contributed by atoms with Crippen LogP contribution in [-0.4, -0.2) is 23.6 Å². The lowest BCUT2D eigenvalue weighted by molar-refractivity contribution is -0.117. The third-order valence-electron chi connectivity index (χ3n) is 1.27. The van der Waals surface area contributed by atoms with E-state index in [0.29, 0.717) is 11.7 Å². The number of nitrogens with two attached hydrogens (primary N) is 1. The Morgan fingerprint density at radius 1 is 1.67 bits per heavy atom. The maximum atomic E-state index is 10.5. The molecule has 1 unspecified atom stereocenters. The van der Waals surface area contributed by atoms with E-state index in [0.717, 1.165) is 6.42 Å². The fraction of sp³-hybridized carbons (Fsp3) is 0.714. The molecule has 0 aliphatic rings. The van der Waals surface area contributed by atoms with Crippen molar-refractivity contribution in [1.29, 1.82) is 0 Å². The summed E-state index contributed by atoms with van der Waals surface area (Å²) in [6.45, 7) is 3.99. The van der Waals surface area contributed by atoms with Gasteiger partial charge in [-0.05, 0) is 32.1 Å². The summed E-state index contributed by atoms with van der Waals surface area (Å²) in [5, 5.41) is 5.77. The Kier molecular flexibility index (Phi) is 5.57. The molecule has 1 atom stereocenters. The van der Waals surface area contributed by atoms with Crippen molar-refractivity contribution < 1.29 is 4.79 Å². The second-order valence-corrected chi connectivity index (χ2v) is 3.04. The largest absolute Gasteiger partial charge is 0.360 e. The van der Waals surface area contributed by atoms with Crippen LogP contribution in [0.4, 0.5) is 0 Å². The van der Waals surface area contributed by atoms with Crippen molar-refractivity contribution in [2.24, 2.45) is 5.73 Å². The highest BCUT2D eigenvalue weighted by atomic mass is 32.1. The summed E-state index contributed by atoms with van der Waals surface area (Å²) in [6.07, 6.45) is 0.833. The highest BCUT2D eigenvalue weighted by Gasteiger charge is 2.03. The minimum absolute atomic E-state index is 0.160. The first-order valence-electron chi connectivity index (χ1n) is 3.84. The topological polar surface area (TPSA) is 67.2 Å². The quantitative estimate of drug-likeness (QED) is 0.535. The molecule has 0 aromatic rings. The fourth-order valence-electron chi connectivity index (χ4n) is 0.742. The van der Waals surface area contributed by atoms with E-state index in [4.69, 9.17) is 18.0 Å². The van der Waals surface area contributed by atoms with Crippen LogP contribution in [0.1, 0.15) is 20.3 Å². The van der Waals surface area contributed by atoms with Gasteiger partial charge in [-0.2, -0.15) is 0 Å². The molecule has 0 saturated carbocycles. The molecule has 0 saturated heterocycles. The Morgan fingerprint density at radius 3 is 2.67 bits per heavy atom. The first-order valence-corrected chi connectivity index (χ1v) is 4.25. The Hall–Kier alpha value is -0.680. The van der Waals surface area contributed by atoms with Gasteiger partial charge < -0.3 is 16.4 Å². The van der Waals surface area contributed by atoms with Gasteiger partial charge in [0, 0.05) is 13.0 Å². The van der Waals surface area contributed by atoms with E-state index in [-0.39, 0.29) is 11.9 Å². The summed E-state index contributed by atoms with van der Waals surface area (Å²) in [6, 6.07) is 0.203. The number of hydrogen-bond donors (Lipinski definition) is 3. The number of amides is 1. The number of nitrogens with one attached hydrogen (secondary N) is 2. The molecule has 0 aromatic heterocycles. The summed E-state index contributed by atoms with van der Waals surface area (Å²) in [7, 11) is 0. The van der Waals surface area contributed by atoms with Gasteiger partial charge in [0.2, 0.25) is 5.91 Å². The SMILES string of the molecule is CC(=O)NC(=S)NC(C)CCN. The van der Waals surface area contributed by atoms with Crippen LogP contribution in [-0.2, 0) is 4.79 Å². The Balaban J connectivity index is 3.61. The zero-order chi connectivity index (χ0) is 9.56. The van der Waals surface area contributed by atoms with Crippen LogP contribution in [0.2, 0.25) is 0 Å². The van der Waals surface area contributed by atoms with Gasteiger partial charge in [-0.25, -0.2) is 0 Å². The van der Waals surface area contributed by atoms with E-state index in [9.17, 15) is 4.79 Å². The number of rotatable bonds is 3. The zero-order valence-corrected chi connectivity index (χ0v) is 8.20. The second-order valence-electron chi connectivity index (χ2n) is 2.63. The molecule has 4 N–H and O–H groups in total. The highest BCUT2D eigenvalue weighted by molar-refractivity contribution is 7.80. The van der Waals surface area contributed by atoms with E-state index in [1.165, 1.54) is 6.92 Å². The maximum absolute atomic E-state index is 10.5. The molecule has 0 rings (SSSR count). The predicted molar refractivity (Wildman–Crippen MR) is 52.7 cm³/mol. The zero-order valence-electron chi connectivity index (χ0n) is 7.39. The molecular formula is C7H15N3OS. The lowest BCUT2D eigenvalue weighted by Crippen LogP contribution is -2.43. The van der Waals surface area contributed by atoms with Crippen LogP contribution >= 0.6 is 12.2 Å². The molecule has 5 heteroatoms. The average molecular weight is 189 g/mol. The summed E-state index contributed by atoms with van der Waals surface area (Å²) >= 11 is 4.84. The minimum atomic E-state index is -0.160. The van der Waals surface area contributed by atoms with E-state index < -0.39 is 0 Å². The van der Waals surface area contributed by atoms with Gasteiger partial charge in [0.05, 0.1) is 0 Å². The molecule has 0 aromatic carbocycles. The number of carbonyl (C=O) groups excluding carboxylic acids is 1. The molecule has 0 spiro atoms. The first-order chi connectivity index (χ1) is 5.56.